The Morgan fingerprint density at radius 1 is 0.882 bits per heavy atom. The number of amides is 2. The molecule has 0 saturated carbocycles. The third kappa shape index (κ3) is 4.36. The average molecular weight is 480 g/mol. The van der Waals surface area contributed by atoms with E-state index >= 15 is 0 Å². The molecule has 2 aliphatic rings. The molecule has 2 amide bonds. The monoisotopic (exact) mass is 479 g/mol. The summed E-state index contributed by atoms with van der Waals surface area (Å²) in [5.74, 6) is -0.337. The first-order chi connectivity index (χ1) is 16.4. The van der Waals surface area contributed by atoms with E-state index in [-0.39, 0.29) is 30.7 Å². The molecule has 1 N–H and O–H groups in total. The molecule has 0 bridgehead atoms. The summed E-state index contributed by atoms with van der Waals surface area (Å²) in [7, 11) is -3.59. The van der Waals surface area contributed by atoms with E-state index in [1.807, 2.05) is 6.07 Å². The molecule has 1 fully saturated rings. The first-order valence-electron chi connectivity index (χ1n) is 11.3. The number of nitrogens with zero attached hydrogens (tertiary/aromatic N) is 2. The van der Waals surface area contributed by atoms with Gasteiger partial charge in [-0.1, -0.05) is 6.07 Å². The highest BCUT2D eigenvalue weighted by atomic mass is 32.2. The van der Waals surface area contributed by atoms with E-state index in [9.17, 15) is 18.0 Å². The quantitative estimate of drug-likeness (QED) is 0.606. The lowest BCUT2D eigenvalue weighted by Gasteiger charge is -2.34. The number of hydrogen-bond donors (Lipinski definition) is 1. The summed E-state index contributed by atoms with van der Waals surface area (Å²) in [4.78, 5) is 27.0. The van der Waals surface area contributed by atoms with Crippen LogP contribution < -0.4 is 5.32 Å². The lowest BCUT2D eigenvalue weighted by Crippen LogP contribution is -2.50. The third-order valence-electron chi connectivity index (χ3n) is 6.37. The van der Waals surface area contributed by atoms with Crippen molar-refractivity contribution in [3.05, 3.63) is 83.3 Å². The van der Waals surface area contributed by atoms with Gasteiger partial charge in [0, 0.05) is 37.4 Å². The van der Waals surface area contributed by atoms with Crippen LogP contribution in [0.3, 0.4) is 0 Å². The first kappa shape index (κ1) is 22.4. The molecule has 1 aliphatic heterocycles. The number of furan rings is 1. The van der Waals surface area contributed by atoms with Crippen LogP contribution in [0.5, 0.6) is 0 Å². The summed E-state index contributed by atoms with van der Waals surface area (Å²) >= 11 is 0. The van der Waals surface area contributed by atoms with E-state index in [1.165, 1.54) is 16.1 Å². The highest BCUT2D eigenvalue weighted by Gasteiger charge is 2.31. The Bertz CT molecular complexity index is 1310. The fourth-order valence-electron chi connectivity index (χ4n) is 4.47. The van der Waals surface area contributed by atoms with E-state index in [2.05, 4.69) is 5.32 Å². The van der Waals surface area contributed by atoms with Gasteiger partial charge < -0.3 is 14.6 Å². The molecule has 1 saturated heterocycles. The second kappa shape index (κ2) is 9.08. The van der Waals surface area contributed by atoms with Gasteiger partial charge in [-0.2, -0.15) is 4.31 Å². The van der Waals surface area contributed by atoms with Gasteiger partial charge in [-0.25, -0.2) is 8.42 Å². The van der Waals surface area contributed by atoms with Crippen LogP contribution in [-0.2, 0) is 22.9 Å². The number of sulfonamides is 1. The Kier molecular flexibility index (Phi) is 5.97. The number of benzene rings is 2. The van der Waals surface area contributed by atoms with Gasteiger partial charge in [0.05, 0.1) is 11.2 Å². The molecule has 1 aromatic heterocycles. The number of aryl methyl sites for hydroxylation is 2. The molecule has 0 atom stereocenters. The Labute approximate surface area is 198 Å². The first-order valence-corrected chi connectivity index (χ1v) is 12.7. The van der Waals surface area contributed by atoms with Crippen LogP contribution in [0, 0.1) is 0 Å². The molecule has 34 heavy (non-hydrogen) atoms. The average Bonchev–Trinajstić information content (AvgIpc) is 3.56. The van der Waals surface area contributed by atoms with Gasteiger partial charge in [0.25, 0.3) is 11.8 Å². The van der Waals surface area contributed by atoms with Crippen molar-refractivity contribution < 1.29 is 22.4 Å². The summed E-state index contributed by atoms with van der Waals surface area (Å²) in [6.45, 7) is 1.14. The Morgan fingerprint density at radius 3 is 2.32 bits per heavy atom. The number of nitrogens with one attached hydrogen (secondary N) is 1. The molecule has 3 aromatic rings. The summed E-state index contributed by atoms with van der Waals surface area (Å²) in [6, 6.07) is 15.2. The SMILES string of the molecule is O=C(Nc1ccc(C(=O)N2CCN(S(=O)(=O)c3ccc4c(c3)CCC4)CC2)cc1)c1ccco1. The van der Waals surface area contributed by atoms with E-state index in [0.29, 0.717) is 29.2 Å². The molecule has 5 rings (SSSR count). The number of fused-ring (bicyclic) bond motifs is 1. The number of carbonyl (C=O) groups is 2. The molecule has 8 nitrogen and oxygen atoms in total. The van der Waals surface area contributed by atoms with Gasteiger partial charge in [0.2, 0.25) is 10.0 Å². The van der Waals surface area contributed by atoms with Crippen LogP contribution in [0.1, 0.15) is 38.5 Å². The van der Waals surface area contributed by atoms with Crippen LogP contribution in [0.4, 0.5) is 5.69 Å². The van der Waals surface area contributed by atoms with Crippen molar-refractivity contribution in [1.82, 2.24) is 9.21 Å². The minimum atomic E-state index is -3.59. The molecule has 0 unspecified atom stereocenters. The lowest BCUT2D eigenvalue weighted by molar-refractivity contribution is 0.0698. The summed E-state index contributed by atoms with van der Waals surface area (Å²) in [6.07, 6.45) is 4.42. The van der Waals surface area contributed by atoms with Crippen molar-refractivity contribution in [2.45, 2.75) is 24.2 Å². The summed E-state index contributed by atoms with van der Waals surface area (Å²) in [5.41, 5.74) is 3.38. The van der Waals surface area contributed by atoms with Crippen LogP contribution in [0.15, 0.2) is 70.2 Å². The zero-order valence-corrected chi connectivity index (χ0v) is 19.4. The van der Waals surface area contributed by atoms with Crippen molar-refractivity contribution in [3.63, 3.8) is 0 Å². The maximum atomic E-state index is 13.1. The van der Waals surface area contributed by atoms with Crippen molar-refractivity contribution >= 4 is 27.5 Å². The zero-order chi connectivity index (χ0) is 23.7. The van der Waals surface area contributed by atoms with Gasteiger partial charge in [0.1, 0.15) is 0 Å². The Hall–Kier alpha value is -3.43. The molecule has 0 spiro atoms. The molecule has 176 valence electrons. The highest BCUT2D eigenvalue weighted by Crippen LogP contribution is 2.27. The van der Waals surface area contributed by atoms with Gasteiger partial charge in [-0.15, -0.1) is 0 Å². The lowest BCUT2D eigenvalue weighted by atomic mass is 10.1. The van der Waals surface area contributed by atoms with Gasteiger partial charge >= 0.3 is 0 Å². The molecule has 0 radical (unpaired) electrons. The number of carbonyl (C=O) groups excluding carboxylic acids is 2. The standard InChI is InChI=1S/C25H25N3O5S/c29-24(23-5-2-16-33-23)26-21-9-6-19(7-10-21)25(30)27-12-14-28(15-13-27)34(31,32)22-11-8-18-3-1-4-20(18)17-22/h2,5-11,16-17H,1,3-4,12-15H2,(H,26,29). The van der Waals surface area contributed by atoms with Crippen molar-refractivity contribution in [2.24, 2.45) is 0 Å². The van der Waals surface area contributed by atoms with Crippen molar-refractivity contribution in [3.8, 4) is 0 Å². The van der Waals surface area contributed by atoms with Gasteiger partial charge in [0.15, 0.2) is 5.76 Å². The topological polar surface area (TPSA) is 99.9 Å². The Balaban J connectivity index is 1.20. The van der Waals surface area contributed by atoms with Crippen molar-refractivity contribution in [2.75, 3.05) is 31.5 Å². The number of rotatable bonds is 5. The number of piperazine rings is 1. The van der Waals surface area contributed by atoms with Crippen LogP contribution in [-0.4, -0.2) is 55.6 Å². The fraction of sp³-hybridized carbons (Fsp3) is 0.280. The van der Waals surface area contributed by atoms with Gasteiger partial charge in [-0.3, -0.25) is 9.59 Å². The molecule has 2 heterocycles. The van der Waals surface area contributed by atoms with E-state index < -0.39 is 10.0 Å². The molecule has 2 aromatic carbocycles. The normalized spacial score (nSPS) is 16.3. The zero-order valence-electron chi connectivity index (χ0n) is 18.6. The van der Waals surface area contributed by atoms with E-state index in [4.69, 9.17) is 4.42 Å². The molecular weight excluding hydrogens is 454 g/mol. The third-order valence-corrected chi connectivity index (χ3v) is 8.26. The molecule has 1 aliphatic carbocycles. The minimum Gasteiger partial charge on any atom is -0.459 e. The van der Waals surface area contributed by atoms with Crippen LogP contribution in [0.25, 0.3) is 0 Å². The Morgan fingerprint density at radius 2 is 1.62 bits per heavy atom. The van der Waals surface area contributed by atoms with E-state index in [1.54, 1.807) is 53.4 Å². The summed E-state index contributed by atoms with van der Waals surface area (Å²) < 4.78 is 32.8. The van der Waals surface area contributed by atoms with Gasteiger partial charge in [-0.05, 0) is 78.9 Å². The van der Waals surface area contributed by atoms with Crippen LogP contribution >= 0.6 is 0 Å². The fourth-order valence-corrected chi connectivity index (χ4v) is 5.94. The smallest absolute Gasteiger partial charge is 0.291 e. The molecule has 9 heteroatoms. The number of hydrogen-bond acceptors (Lipinski definition) is 5. The van der Waals surface area contributed by atoms with Crippen LogP contribution in [0.2, 0.25) is 0 Å². The predicted octanol–water partition coefficient (Wildman–Crippen LogP) is 3.17. The maximum Gasteiger partial charge on any atom is 0.291 e. The highest BCUT2D eigenvalue weighted by molar-refractivity contribution is 7.89. The largest absolute Gasteiger partial charge is 0.459 e. The maximum absolute atomic E-state index is 13.1. The summed E-state index contributed by atoms with van der Waals surface area (Å²) in [5, 5.41) is 2.71. The second-order valence-corrected chi connectivity index (χ2v) is 10.4. The minimum absolute atomic E-state index is 0.168. The van der Waals surface area contributed by atoms with Crippen molar-refractivity contribution in [1.29, 1.82) is 0 Å². The number of anilines is 1. The van der Waals surface area contributed by atoms with E-state index in [0.717, 1.165) is 24.8 Å². The predicted molar refractivity (Wildman–Crippen MR) is 126 cm³/mol. The molecular formula is C25H25N3O5S. The second-order valence-electron chi connectivity index (χ2n) is 8.49.